The number of nitrogens with zero attached hydrogens (tertiary/aromatic N) is 1. The van der Waals surface area contributed by atoms with Crippen molar-refractivity contribution in [3.05, 3.63) is 48.0 Å². The average molecular weight is 264 g/mol. The molecule has 0 heterocycles. The normalized spacial score (nSPS) is 10.3. The summed E-state index contributed by atoms with van der Waals surface area (Å²) < 4.78 is 32.6. The fourth-order valence-corrected chi connectivity index (χ4v) is 1.84. The lowest BCUT2D eigenvalue weighted by Crippen LogP contribution is -2.13. The third kappa shape index (κ3) is 2.59. The smallest absolute Gasteiger partial charge is 0.151 e. The van der Waals surface area contributed by atoms with Crippen molar-refractivity contribution in [1.82, 2.24) is 0 Å². The first-order chi connectivity index (χ1) is 9.02. The molecule has 0 aliphatic rings. The van der Waals surface area contributed by atoms with Gasteiger partial charge in [0.15, 0.2) is 11.6 Å². The molecule has 0 aromatic heterocycles. The van der Waals surface area contributed by atoms with Crippen LogP contribution < -0.4 is 15.4 Å². The lowest BCUT2D eigenvalue weighted by Gasteiger charge is -2.21. The van der Waals surface area contributed by atoms with Gasteiger partial charge in [-0.2, -0.15) is 0 Å². The molecule has 0 saturated carbocycles. The number of rotatable bonds is 3. The van der Waals surface area contributed by atoms with E-state index in [9.17, 15) is 8.78 Å². The molecule has 0 unspecified atom stereocenters. The van der Waals surface area contributed by atoms with E-state index in [-0.39, 0.29) is 11.4 Å². The van der Waals surface area contributed by atoms with E-state index in [1.54, 1.807) is 38.4 Å². The molecule has 0 bridgehead atoms. The molecule has 0 aliphatic carbocycles. The molecule has 0 saturated heterocycles. The summed E-state index contributed by atoms with van der Waals surface area (Å²) in [6, 6.07) is 9.07. The fraction of sp³-hybridized carbons (Fsp3) is 0.143. The van der Waals surface area contributed by atoms with E-state index < -0.39 is 11.6 Å². The van der Waals surface area contributed by atoms with E-state index in [1.807, 2.05) is 0 Å². The Morgan fingerprint density at radius 3 is 2.05 bits per heavy atom. The first-order valence-corrected chi connectivity index (χ1v) is 5.65. The largest absolute Gasteiger partial charge is 0.497 e. The van der Waals surface area contributed by atoms with Crippen molar-refractivity contribution in [1.29, 1.82) is 0 Å². The van der Waals surface area contributed by atoms with Crippen LogP contribution in [0.4, 0.5) is 25.8 Å². The summed E-state index contributed by atoms with van der Waals surface area (Å²) in [6.07, 6.45) is 0. The van der Waals surface area contributed by atoms with Gasteiger partial charge < -0.3 is 15.4 Å². The molecule has 0 aliphatic heterocycles. The van der Waals surface area contributed by atoms with Gasteiger partial charge in [0, 0.05) is 18.4 Å². The van der Waals surface area contributed by atoms with Crippen molar-refractivity contribution in [2.24, 2.45) is 0 Å². The summed E-state index contributed by atoms with van der Waals surface area (Å²) in [7, 11) is 3.14. The van der Waals surface area contributed by atoms with Crippen LogP contribution in [0, 0.1) is 11.6 Å². The maximum absolute atomic E-state index is 13.8. The van der Waals surface area contributed by atoms with Gasteiger partial charge in [-0.25, -0.2) is 8.78 Å². The van der Waals surface area contributed by atoms with Crippen molar-refractivity contribution < 1.29 is 13.5 Å². The molecule has 19 heavy (non-hydrogen) atoms. The minimum Gasteiger partial charge on any atom is -0.497 e. The average Bonchev–Trinajstić information content (AvgIpc) is 2.37. The molecule has 100 valence electrons. The van der Waals surface area contributed by atoms with E-state index in [0.717, 1.165) is 12.1 Å². The molecule has 0 spiro atoms. The Bertz CT molecular complexity index is 561. The topological polar surface area (TPSA) is 38.5 Å². The molecule has 5 heteroatoms. The number of nitrogens with two attached hydrogens (primary N) is 1. The Morgan fingerprint density at radius 1 is 1.05 bits per heavy atom. The third-order valence-corrected chi connectivity index (χ3v) is 2.83. The Labute approximate surface area is 110 Å². The summed E-state index contributed by atoms with van der Waals surface area (Å²) in [5.74, 6) is -0.720. The maximum atomic E-state index is 13.8. The zero-order chi connectivity index (χ0) is 14.0. The van der Waals surface area contributed by atoms with Crippen molar-refractivity contribution >= 4 is 17.1 Å². The fourth-order valence-electron chi connectivity index (χ4n) is 1.84. The van der Waals surface area contributed by atoms with Gasteiger partial charge in [-0.15, -0.1) is 0 Å². The van der Waals surface area contributed by atoms with Crippen LogP contribution in [0.3, 0.4) is 0 Å². The van der Waals surface area contributed by atoms with E-state index >= 15 is 0 Å². The number of hydrogen-bond donors (Lipinski definition) is 1. The molecular weight excluding hydrogens is 250 g/mol. The predicted molar refractivity (Wildman–Crippen MR) is 71.8 cm³/mol. The summed E-state index contributed by atoms with van der Waals surface area (Å²) in [5.41, 5.74) is 5.95. The second-order valence-corrected chi connectivity index (χ2v) is 4.09. The highest BCUT2D eigenvalue weighted by Crippen LogP contribution is 2.31. The molecule has 3 nitrogen and oxygen atoms in total. The highest BCUT2D eigenvalue weighted by Gasteiger charge is 2.16. The number of nitrogen functional groups attached to an aromatic ring is 1. The number of benzene rings is 2. The quantitative estimate of drug-likeness (QED) is 0.864. The standard InChI is InChI=1S/C14H14F2N2O/c1-18(10-3-5-11(19-2)6-4-10)14-12(15)7-9(17)8-13(14)16/h3-8H,17H2,1-2H3. The molecule has 2 aromatic rings. The zero-order valence-electron chi connectivity index (χ0n) is 10.7. The minimum atomic E-state index is -0.698. The first-order valence-electron chi connectivity index (χ1n) is 5.65. The Morgan fingerprint density at radius 2 is 1.58 bits per heavy atom. The third-order valence-electron chi connectivity index (χ3n) is 2.83. The van der Waals surface area contributed by atoms with Crippen molar-refractivity contribution in [3.63, 3.8) is 0 Å². The minimum absolute atomic E-state index is 0.0573. The van der Waals surface area contributed by atoms with E-state index in [0.29, 0.717) is 11.4 Å². The highest BCUT2D eigenvalue weighted by molar-refractivity contribution is 5.66. The summed E-state index contributed by atoms with van der Waals surface area (Å²) in [6.45, 7) is 0. The molecule has 2 N–H and O–H groups in total. The summed E-state index contributed by atoms with van der Waals surface area (Å²) >= 11 is 0. The Balaban J connectivity index is 2.40. The van der Waals surface area contributed by atoms with Crippen LogP contribution in [0.15, 0.2) is 36.4 Å². The molecule has 0 amide bonds. The van der Waals surface area contributed by atoms with Gasteiger partial charge in [-0.1, -0.05) is 0 Å². The van der Waals surface area contributed by atoms with E-state index in [2.05, 4.69) is 0 Å². The number of ether oxygens (including phenoxy) is 1. The second-order valence-electron chi connectivity index (χ2n) is 4.09. The molecule has 0 radical (unpaired) electrons. The molecule has 0 atom stereocenters. The maximum Gasteiger partial charge on any atom is 0.151 e. The van der Waals surface area contributed by atoms with Gasteiger partial charge >= 0.3 is 0 Å². The number of methoxy groups -OCH3 is 1. The molecule has 0 fully saturated rings. The predicted octanol–water partition coefficient (Wildman–Crippen LogP) is 3.32. The SMILES string of the molecule is COc1ccc(N(C)c2c(F)cc(N)cc2F)cc1. The molecular formula is C14H14F2N2O. The van der Waals surface area contributed by atoms with Crippen LogP contribution in [-0.4, -0.2) is 14.2 Å². The van der Waals surface area contributed by atoms with Crippen LogP contribution in [-0.2, 0) is 0 Å². The van der Waals surface area contributed by atoms with Crippen LogP contribution in [0.1, 0.15) is 0 Å². The van der Waals surface area contributed by atoms with Gasteiger partial charge in [0.1, 0.15) is 11.4 Å². The number of halogens is 2. The van der Waals surface area contributed by atoms with Crippen LogP contribution in [0.2, 0.25) is 0 Å². The highest BCUT2D eigenvalue weighted by atomic mass is 19.1. The van der Waals surface area contributed by atoms with Gasteiger partial charge in [0.2, 0.25) is 0 Å². The Hall–Kier alpha value is -2.30. The monoisotopic (exact) mass is 264 g/mol. The Kier molecular flexibility index (Phi) is 3.55. The van der Waals surface area contributed by atoms with Gasteiger partial charge in [-0.05, 0) is 36.4 Å². The summed E-state index contributed by atoms with van der Waals surface area (Å²) in [5, 5.41) is 0. The van der Waals surface area contributed by atoms with Crippen molar-refractivity contribution in [2.45, 2.75) is 0 Å². The van der Waals surface area contributed by atoms with Gasteiger partial charge in [0.05, 0.1) is 7.11 Å². The van der Waals surface area contributed by atoms with Gasteiger partial charge in [-0.3, -0.25) is 0 Å². The number of hydrogen-bond acceptors (Lipinski definition) is 3. The van der Waals surface area contributed by atoms with E-state index in [4.69, 9.17) is 10.5 Å². The lowest BCUT2D eigenvalue weighted by molar-refractivity contribution is 0.415. The van der Waals surface area contributed by atoms with Crippen LogP contribution >= 0.6 is 0 Å². The summed E-state index contributed by atoms with van der Waals surface area (Å²) in [4.78, 5) is 1.42. The number of anilines is 3. The van der Waals surface area contributed by atoms with Crippen molar-refractivity contribution in [2.75, 3.05) is 24.8 Å². The second kappa shape index (κ2) is 5.14. The van der Waals surface area contributed by atoms with Crippen molar-refractivity contribution in [3.8, 4) is 5.75 Å². The van der Waals surface area contributed by atoms with Crippen LogP contribution in [0.25, 0.3) is 0 Å². The van der Waals surface area contributed by atoms with Gasteiger partial charge in [0.25, 0.3) is 0 Å². The first kappa shape index (κ1) is 13.1. The van der Waals surface area contributed by atoms with Crippen LogP contribution in [0.5, 0.6) is 5.75 Å². The lowest BCUT2D eigenvalue weighted by atomic mass is 10.2. The molecule has 2 aromatic carbocycles. The molecule has 2 rings (SSSR count). The van der Waals surface area contributed by atoms with E-state index in [1.165, 1.54) is 4.90 Å². The zero-order valence-corrected chi connectivity index (χ0v) is 10.7.